The lowest BCUT2D eigenvalue weighted by Crippen LogP contribution is -2.36. The number of rotatable bonds is 5. The highest BCUT2D eigenvalue weighted by atomic mass is 16.3. The number of likely N-dealkylation sites (N-methyl/N-ethyl adjacent to an activating group) is 1. The second-order valence-corrected chi connectivity index (χ2v) is 5.72. The maximum atomic E-state index is 12.2. The summed E-state index contributed by atoms with van der Waals surface area (Å²) < 4.78 is 0. The molecule has 0 bridgehead atoms. The van der Waals surface area contributed by atoms with E-state index in [1.165, 1.54) is 0 Å². The van der Waals surface area contributed by atoms with E-state index in [1.54, 1.807) is 11.9 Å². The molecule has 0 saturated heterocycles. The van der Waals surface area contributed by atoms with Gasteiger partial charge in [0.25, 0.3) is 0 Å². The lowest BCUT2D eigenvalue weighted by atomic mass is 10.1. The van der Waals surface area contributed by atoms with E-state index in [4.69, 9.17) is 0 Å². The first-order valence-electron chi connectivity index (χ1n) is 7.12. The SMILES string of the molecule is CN(CC(O)C1CC1)C(=O)Cc1c[nH]c2ccccc12. The summed E-state index contributed by atoms with van der Waals surface area (Å²) in [6.45, 7) is 0.436. The van der Waals surface area contributed by atoms with E-state index in [1.807, 2.05) is 30.5 Å². The van der Waals surface area contributed by atoms with Crippen LogP contribution in [0.4, 0.5) is 0 Å². The first-order chi connectivity index (χ1) is 9.65. The maximum Gasteiger partial charge on any atom is 0.226 e. The number of hydrogen-bond acceptors (Lipinski definition) is 2. The van der Waals surface area contributed by atoms with Crippen molar-refractivity contribution in [2.45, 2.75) is 25.4 Å². The molecular weight excluding hydrogens is 252 g/mol. The average molecular weight is 272 g/mol. The molecule has 0 spiro atoms. The minimum Gasteiger partial charge on any atom is -0.391 e. The number of aliphatic hydroxyl groups excluding tert-OH is 1. The number of aliphatic hydroxyl groups is 1. The fraction of sp³-hybridized carbons (Fsp3) is 0.438. The first kappa shape index (κ1) is 13.2. The number of nitrogens with zero attached hydrogens (tertiary/aromatic N) is 1. The van der Waals surface area contributed by atoms with Gasteiger partial charge in [-0.3, -0.25) is 4.79 Å². The van der Waals surface area contributed by atoms with Gasteiger partial charge in [0, 0.05) is 30.7 Å². The zero-order valence-electron chi connectivity index (χ0n) is 11.7. The van der Waals surface area contributed by atoms with Crippen LogP contribution in [0.5, 0.6) is 0 Å². The Labute approximate surface area is 118 Å². The van der Waals surface area contributed by atoms with Gasteiger partial charge in [-0.1, -0.05) is 18.2 Å². The van der Waals surface area contributed by atoms with Crippen LogP contribution in [0.1, 0.15) is 18.4 Å². The number of nitrogens with one attached hydrogen (secondary N) is 1. The molecule has 2 N–H and O–H groups in total. The Balaban J connectivity index is 1.65. The van der Waals surface area contributed by atoms with Gasteiger partial charge in [0.15, 0.2) is 0 Å². The summed E-state index contributed by atoms with van der Waals surface area (Å²) in [5.74, 6) is 0.452. The molecule has 1 saturated carbocycles. The molecule has 0 aliphatic heterocycles. The molecule has 1 aliphatic carbocycles. The molecule has 1 aromatic heterocycles. The third-order valence-corrected chi connectivity index (χ3v) is 4.07. The van der Waals surface area contributed by atoms with Crippen LogP contribution in [0, 0.1) is 5.92 Å². The maximum absolute atomic E-state index is 12.2. The third-order valence-electron chi connectivity index (χ3n) is 4.07. The van der Waals surface area contributed by atoms with Gasteiger partial charge in [0.2, 0.25) is 5.91 Å². The molecule has 0 radical (unpaired) electrons. The van der Waals surface area contributed by atoms with Crippen LogP contribution in [0.25, 0.3) is 10.9 Å². The smallest absolute Gasteiger partial charge is 0.226 e. The highest BCUT2D eigenvalue weighted by Gasteiger charge is 2.31. The van der Waals surface area contributed by atoms with E-state index < -0.39 is 0 Å². The topological polar surface area (TPSA) is 56.3 Å². The zero-order valence-corrected chi connectivity index (χ0v) is 11.7. The number of fused-ring (bicyclic) bond motifs is 1. The number of amides is 1. The van der Waals surface area contributed by atoms with Crippen LogP contribution in [-0.2, 0) is 11.2 Å². The standard InChI is InChI=1S/C16H20N2O2/c1-18(10-15(19)11-6-7-11)16(20)8-12-9-17-14-5-3-2-4-13(12)14/h2-5,9,11,15,17,19H,6-8,10H2,1H3. The van der Waals surface area contributed by atoms with Crippen molar-refractivity contribution >= 4 is 16.8 Å². The van der Waals surface area contributed by atoms with Gasteiger partial charge in [-0.2, -0.15) is 0 Å². The molecule has 4 nitrogen and oxygen atoms in total. The summed E-state index contributed by atoms with van der Waals surface area (Å²) >= 11 is 0. The molecule has 20 heavy (non-hydrogen) atoms. The number of hydrogen-bond donors (Lipinski definition) is 2. The quantitative estimate of drug-likeness (QED) is 0.874. The lowest BCUT2D eigenvalue weighted by Gasteiger charge is -2.20. The van der Waals surface area contributed by atoms with Gasteiger partial charge in [-0.05, 0) is 30.4 Å². The number of carbonyl (C=O) groups is 1. The molecule has 2 aromatic rings. The molecule has 1 amide bonds. The Morgan fingerprint density at radius 2 is 2.20 bits per heavy atom. The molecule has 1 fully saturated rings. The van der Waals surface area contributed by atoms with E-state index in [0.717, 1.165) is 29.3 Å². The summed E-state index contributed by atoms with van der Waals surface area (Å²) in [5.41, 5.74) is 2.06. The Morgan fingerprint density at radius 1 is 1.45 bits per heavy atom. The van der Waals surface area contributed by atoms with Gasteiger partial charge in [0.1, 0.15) is 0 Å². The van der Waals surface area contributed by atoms with Gasteiger partial charge in [-0.15, -0.1) is 0 Å². The minimum absolute atomic E-state index is 0.0504. The number of para-hydroxylation sites is 1. The van der Waals surface area contributed by atoms with Crippen LogP contribution in [0.2, 0.25) is 0 Å². The van der Waals surface area contributed by atoms with E-state index in [9.17, 15) is 9.90 Å². The van der Waals surface area contributed by atoms with Crippen molar-refractivity contribution in [2.75, 3.05) is 13.6 Å². The molecule has 1 atom stereocenters. The minimum atomic E-state index is -0.369. The molecule has 1 aliphatic rings. The zero-order chi connectivity index (χ0) is 14.1. The largest absolute Gasteiger partial charge is 0.391 e. The number of carbonyl (C=O) groups excluding carboxylic acids is 1. The second kappa shape index (κ2) is 5.29. The van der Waals surface area contributed by atoms with Crippen molar-refractivity contribution in [3.8, 4) is 0 Å². The molecule has 106 valence electrons. The monoisotopic (exact) mass is 272 g/mol. The van der Waals surface area contributed by atoms with Crippen molar-refractivity contribution in [3.05, 3.63) is 36.0 Å². The molecule has 1 unspecified atom stereocenters. The predicted octanol–water partition coefficient (Wildman–Crippen LogP) is 1.94. The Bertz CT molecular complexity index is 616. The van der Waals surface area contributed by atoms with Gasteiger partial charge < -0.3 is 15.0 Å². The number of H-pyrrole nitrogens is 1. The van der Waals surface area contributed by atoms with E-state index in [0.29, 0.717) is 18.9 Å². The summed E-state index contributed by atoms with van der Waals surface area (Å²) in [6, 6.07) is 7.98. The lowest BCUT2D eigenvalue weighted by molar-refractivity contribution is -0.130. The Kier molecular flexibility index (Phi) is 3.49. The van der Waals surface area contributed by atoms with Gasteiger partial charge in [0.05, 0.1) is 12.5 Å². The van der Waals surface area contributed by atoms with Crippen molar-refractivity contribution in [3.63, 3.8) is 0 Å². The van der Waals surface area contributed by atoms with Crippen LogP contribution in [0.15, 0.2) is 30.5 Å². The fourth-order valence-corrected chi connectivity index (χ4v) is 2.59. The second-order valence-electron chi connectivity index (χ2n) is 5.72. The average Bonchev–Trinajstić information content (AvgIpc) is 3.22. The molecule has 1 heterocycles. The highest BCUT2D eigenvalue weighted by molar-refractivity contribution is 5.88. The van der Waals surface area contributed by atoms with Crippen molar-refractivity contribution in [2.24, 2.45) is 5.92 Å². The summed E-state index contributed by atoms with van der Waals surface area (Å²) in [6.07, 6.45) is 4.08. The predicted molar refractivity (Wildman–Crippen MR) is 78.4 cm³/mol. The normalized spacial score (nSPS) is 16.3. The third kappa shape index (κ3) is 2.70. The van der Waals surface area contributed by atoms with Gasteiger partial charge in [-0.25, -0.2) is 0 Å². The Hall–Kier alpha value is -1.81. The molecular formula is C16H20N2O2. The molecule has 1 aromatic carbocycles. The Morgan fingerprint density at radius 3 is 2.95 bits per heavy atom. The van der Waals surface area contributed by atoms with E-state index in [-0.39, 0.29) is 12.0 Å². The fourth-order valence-electron chi connectivity index (χ4n) is 2.59. The highest BCUT2D eigenvalue weighted by Crippen LogP contribution is 2.32. The summed E-state index contributed by atoms with van der Waals surface area (Å²) in [7, 11) is 1.77. The van der Waals surface area contributed by atoms with Crippen LogP contribution >= 0.6 is 0 Å². The first-order valence-corrected chi connectivity index (χ1v) is 7.12. The molecule has 3 rings (SSSR count). The number of benzene rings is 1. The van der Waals surface area contributed by atoms with Gasteiger partial charge >= 0.3 is 0 Å². The van der Waals surface area contributed by atoms with Crippen LogP contribution < -0.4 is 0 Å². The van der Waals surface area contributed by atoms with Crippen LogP contribution in [0.3, 0.4) is 0 Å². The van der Waals surface area contributed by atoms with E-state index >= 15 is 0 Å². The van der Waals surface area contributed by atoms with Crippen molar-refractivity contribution < 1.29 is 9.90 Å². The summed E-state index contributed by atoms with van der Waals surface area (Å²) in [4.78, 5) is 17.1. The number of aromatic amines is 1. The summed E-state index contributed by atoms with van der Waals surface area (Å²) in [5, 5.41) is 11.0. The molecule has 4 heteroatoms. The van der Waals surface area contributed by atoms with Crippen molar-refractivity contribution in [1.82, 2.24) is 9.88 Å². The van der Waals surface area contributed by atoms with E-state index in [2.05, 4.69) is 4.98 Å². The van der Waals surface area contributed by atoms with Crippen molar-refractivity contribution in [1.29, 1.82) is 0 Å². The number of aromatic nitrogens is 1. The van der Waals surface area contributed by atoms with Crippen LogP contribution in [-0.4, -0.2) is 40.6 Å².